The number of piperidine rings is 1. The Labute approximate surface area is 168 Å². The number of aromatic nitrogens is 3. The maximum Gasteiger partial charge on any atom is 0.232 e. The van der Waals surface area contributed by atoms with Crippen LogP contribution in [0.4, 0.5) is 11.5 Å². The van der Waals surface area contributed by atoms with E-state index in [9.17, 15) is 4.79 Å². The minimum atomic E-state index is -0.640. The van der Waals surface area contributed by atoms with E-state index in [0.717, 1.165) is 22.4 Å². The maximum atomic E-state index is 13.1. The third kappa shape index (κ3) is 3.41. The van der Waals surface area contributed by atoms with Crippen molar-refractivity contribution < 1.29 is 4.79 Å². The molecule has 3 aromatic rings. The number of hydrogen-bond acceptors (Lipinski definition) is 6. The molecule has 148 valence electrons. The van der Waals surface area contributed by atoms with E-state index in [1.807, 2.05) is 13.1 Å². The Morgan fingerprint density at radius 3 is 2.90 bits per heavy atom. The lowest BCUT2D eigenvalue weighted by atomic mass is 9.77. The summed E-state index contributed by atoms with van der Waals surface area (Å²) in [6, 6.07) is 9.00. The first-order valence-corrected chi connectivity index (χ1v) is 9.62. The number of hydrogen-bond donors (Lipinski definition) is 3. The average molecular weight is 389 g/mol. The highest BCUT2D eigenvalue weighted by molar-refractivity contribution is 5.96. The average Bonchev–Trinajstić information content (AvgIpc) is 3.15. The lowest BCUT2D eigenvalue weighted by Gasteiger charge is -2.40. The van der Waals surface area contributed by atoms with Crippen LogP contribution >= 0.6 is 0 Å². The Morgan fingerprint density at radius 1 is 1.38 bits per heavy atom. The molecule has 1 saturated heterocycles. The first kappa shape index (κ1) is 18.9. The first-order chi connectivity index (χ1) is 14.1. The molecule has 29 heavy (non-hydrogen) atoms. The van der Waals surface area contributed by atoms with Crippen LogP contribution in [-0.4, -0.2) is 40.5 Å². The van der Waals surface area contributed by atoms with Crippen LogP contribution in [-0.2, 0) is 4.79 Å². The fraction of sp³-hybridized carbons (Fsp3) is 0.333. The van der Waals surface area contributed by atoms with Gasteiger partial charge in [0.2, 0.25) is 5.91 Å². The Morgan fingerprint density at radius 2 is 2.17 bits per heavy atom. The highest BCUT2D eigenvalue weighted by atomic mass is 16.2. The molecule has 1 aliphatic rings. The molecule has 1 fully saturated rings. The van der Waals surface area contributed by atoms with Gasteiger partial charge in [-0.3, -0.25) is 4.79 Å². The number of carbonyl (C=O) groups excluding carboxylic acids is 1. The number of nitrogens with two attached hydrogens (primary N) is 1. The molecule has 4 rings (SSSR count). The van der Waals surface area contributed by atoms with Gasteiger partial charge in [-0.1, -0.05) is 6.07 Å². The van der Waals surface area contributed by atoms with Gasteiger partial charge in [0.25, 0.3) is 0 Å². The van der Waals surface area contributed by atoms with Crippen molar-refractivity contribution in [2.24, 2.45) is 11.1 Å². The Kier molecular flexibility index (Phi) is 4.91. The van der Waals surface area contributed by atoms with E-state index >= 15 is 0 Å². The number of benzene rings is 1. The number of aromatic amines is 1. The number of amides is 1. The molecule has 3 heterocycles. The van der Waals surface area contributed by atoms with Crippen molar-refractivity contribution >= 4 is 28.4 Å². The summed E-state index contributed by atoms with van der Waals surface area (Å²) in [5, 5.41) is 13.0. The summed E-state index contributed by atoms with van der Waals surface area (Å²) in [6.45, 7) is 3.66. The number of nitrogens with one attached hydrogen (secondary N) is 2. The summed E-state index contributed by atoms with van der Waals surface area (Å²) in [5.41, 5.74) is 8.47. The molecule has 8 heteroatoms. The van der Waals surface area contributed by atoms with Crippen LogP contribution in [0.2, 0.25) is 0 Å². The standard InChI is InChI=1S/C21H23N7O/c1-14-11-24-18-17(14)19(26-13-25-18)28-7-5-21(12-23,6-8-28)20(29)27-16-4-2-3-15(9-16)10-22/h2-4,9,11,13H,5-8,12,23H2,1H3,(H,27,29)(H,24,25,26). The van der Waals surface area contributed by atoms with Crippen molar-refractivity contribution in [3.63, 3.8) is 0 Å². The Bertz CT molecular complexity index is 1090. The normalized spacial score (nSPS) is 15.8. The fourth-order valence-electron chi connectivity index (χ4n) is 3.94. The first-order valence-electron chi connectivity index (χ1n) is 9.62. The zero-order valence-electron chi connectivity index (χ0n) is 16.3. The van der Waals surface area contributed by atoms with Gasteiger partial charge >= 0.3 is 0 Å². The second kappa shape index (κ2) is 7.53. The molecule has 0 bridgehead atoms. The Balaban J connectivity index is 1.52. The third-order valence-corrected chi connectivity index (χ3v) is 5.79. The third-order valence-electron chi connectivity index (χ3n) is 5.79. The van der Waals surface area contributed by atoms with Gasteiger partial charge in [-0.15, -0.1) is 0 Å². The van der Waals surface area contributed by atoms with Gasteiger partial charge in [0.15, 0.2) is 0 Å². The number of fused-ring (bicyclic) bond motifs is 1. The topological polar surface area (TPSA) is 124 Å². The number of aryl methyl sites for hydroxylation is 1. The van der Waals surface area contributed by atoms with Crippen molar-refractivity contribution in [1.29, 1.82) is 5.26 Å². The van der Waals surface area contributed by atoms with Crippen LogP contribution in [0.3, 0.4) is 0 Å². The van der Waals surface area contributed by atoms with Gasteiger partial charge in [0, 0.05) is 31.5 Å². The molecule has 1 amide bonds. The highest BCUT2D eigenvalue weighted by Gasteiger charge is 2.41. The monoisotopic (exact) mass is 389 g/mol. The quantitative estimate of drug-likeness (QED) is 0.629. The molecule has 1 aromatic carbocycles. The van der Waals surface area contributed by atoms with Crippen LogP contribution in [0.1, 0.15) is 24.0 Å². The molecular formula is C21H23N7O. The van der Waals surface area contributed by atoms with E-state index < -0.39 is 5.41 Å². The van der Waals surface area contributed by atoms with Crippen molar-refractivity contribution in [1.82, 2.24) is 15.0 Å². The molecule has 2 aromatic heterocycles. The lowest BCUT2D eigenvalue weighted by molar-refractivity contribution is -0.126. The number of anilines is 2. The lowest BCUT2D eigenvalue weighted by Crippen LogP contribution is -2.50. The molecular weight excluding hydrogens is 366 g/mol. The largest absolute Gasteiger partial charge is 0.356 e. The summed E-state index contributed by atoms with van der Waals surface area (Å²) in [7, 11) is 0. The molecule has 1 aliphatic heterocycles. The molecule has 0 saturated carbocycles. The summed E-state index contributed by atoms with van der Waals surface area (Å²) < 4.78 is 0. The van der Waals surface area contributed by atoms with E-state index in [4.69, 9.17) is 11.0 Å². The van der Waals surface area contributed by atoms with Gasteiger partial charge in [-0.2, -0.15) is 5.26 Å². The predicted molar refractivity (Wildman–Crippen MR) is 111 cm³/mol. The Hall–Kier alpha value is -3.44. The molecule has 4 N–H and O–H groups in total. The minimum absolute atomic E-state index is 0.0969. The van der Waals surface area contributed by atoms with Gasteiger partial charge in [0.1, 0.15) is 17.8 Å². The predicted octanol–water partition coefficient (Wildman–Crippen LogP) is 2.32. The molecule has 0 spiro atoms. The van der Waals surface area contributed by atoms with Gasteiger partial charge in [-0.05, 0) is 43.5 Å². The minimum Gasteiger partial charge on any atom is -0.356 e. The molecule has 0 aliphatic carbocycles. The number of H-pyrrole nitrogens is 1. The fourth-order valence-corrected chi connectivity index (χ4v) is 3.94. The SMILES string of the molecule is Cc1c[nH]c2ncnc(N3CCC(CN)(C(=O)Nc4cccc(C#N)c4)CC3)c12. The van der Waals surface area contributed by atoms with E-state index in [0.29, 0.717) is 37.2 Å². The van der Waals surface area contributed by atoms with E-state index in [1.165, 1.54) is 0 Å². The summed E-state index contributed by atoms with van der Waals surface area (Å²) in [6.07, 6.45) is 4.75. The van der Waals surface area contributed by atoms with E-state index in [-0.39, 0.29) is 12.5 Å². The number of carbonyl (C=O) groups is 1. The second-order valence-corrected chi connectivity index (χ2v) is 7.51. The smallest absolute Gasteiger partial charge is 0.232 e. The summed E-state index contributed by atoms with van der Waals surface area (Å²) in [4.78, 5) is 27.2. The zero-order valence-corrected chi connectivity index (χ0v) is 16.3. The van der Waals surface area contributed by atoms with E-state index in [1.54, 1.807) is 30.6 Å². The van der Waals surface area contributed by atoms with Crippen LogP contribution in [0.5, 0.6) is 0 Å². The number of nitrogens with zero attached hydrogens (tertiary/aromatic N) is 4. The zero-order chi connectivity index (χ0) is 20.4. The molecule has 0 radical (unpaired) electrons. The van der Waals surface area contributed by atoms with Gasteiger partial charge in [0.05, 0.1) is 22.4 Å². The number of nitriles is 1. The van der Waals surface area contributed by atoms with Crippen molar-refractivity contribution in [3.05, 3.63) is 47.9 Å². The molecule has 8 nitrogen and oxygen atoms in total. The van der Waals surface area contributed by atoms with Gasteiger partial charge in [-0.25, -0.2) is 9.97 Å². The van der Waals surface area contributed by atoms with Crippen LogP contribution in [0.15, 0.2) is 36.8 Å². The highest BCUT2D eigenvalue weighted by Crippen LogP contribution is 2.35. The van der Waals surface area contributed by atoms with Gasteiger partial charge < -0.3 is 20.9 Å². The maximum absolute atomic E-state index is 13.1. The number of rotatable bonds is 4. The molecule has 0 unspecified atom stereocenters. The van der Waals surface area contributed by atoms with E-state index in [2.05, 4.69) is 31.2 Å². The molecule has 0 atom stereocenters. The second-order valence-electron chi connectivity index (χ2n) is 7.51. The summed E-state index contributed by atoms with van der Waals surface area (Å²) in [5.74, 6) is 0.793. The van der Waals surface area contributed by atoms with Crippen molar-refractivity contribution in [2.75, 3.05) is 29.9 Å². The van der Waals surface area contributed by atoms with Crippen molar-refractivity contribution in [2.45, 2.75) is 19.8 Å². The van der Waals surface area contributed by atoms with Crippen LogP contribution < -0.4 is 16.0 Å². The van der Waals surface area contributed by atoms with Crippen LogP contribution in [0.25, 0.3) is 11.0 Å². The summed E-state index contributed by atoms with van der Waals surface area (Å²) >= 11 is 0. The van der Waals surface area contributed by atoms with Crippen molar-refractivity contribution in [3.8, 4) is 6.07 Å². The van der Waals surface area contributed by atoms with Crippen LogP contribution in [0, 0.1) is 23.7 Å².